The highest BCUT2D eigenvalue weighted by molar-refractivity contribution is 6.15. The van der Waals surface area contributed by atoms with E-state index in [9.17, 15) is 4.39 Å². The monoisotopic (exact) mass is 529 g/mol. The van der Waals surface area contributed by atoms with Gasteiger partial charge in [-0.05, 0) is 61.0 Å². The van der Waals surface area contributed by atoms with E-state index >= 15 is 0 Å². The number of alkyl halides is 1. The van der Waals surface area contributed by atoms with Crippen molar-refractivity contribution in [1.29, 1.82) is 0 Å². The van der Waals surface area contributed by atoms with Crippen LogP contribution in [-0.2, 0) is 4.74 Å². The Kier molecular flexibility index (Phi) is 9.58. The van der Waals surface area contributed by atoms with Gasteiger partial charge in [0.2, 0.25) is 0 Å². The van der Waals surface area contributed by atoms with Crippen molar-refractivity contribution in [3.05, 3.63) is 95.1 Å². The summed E-state index contributed by atoms with van der Waals surface area (Å²) in [6.45, 7) is 19.3. The van der Waals surface area contributed by atoms with Gasteiger partial charge in [0.05, 0.1) is 12.7 Å². The molecule has 4 rings (SSSR count). The molecule has 208 valence electrons. The summed E-state index contributed by atoms with van der Waals surface area (Å²) < 4.78 is 23.0. The minimum Gasteiger partial charge on any atom is -0.494 e. The first-order valence-electron chi connectivity index (χ1n) is 14.8. The molecule has 4 aliphatic carbocycles. The predicted octanol–water partition coefficient (Wildman–Crippen LogP) is 8.75. The first-order valence-corrected chi connectivity index (χ1v) is 14.8. The molecule has 0 aromatic heterocycles. The summed E-state index contributed by atoms with van der Waals surface area (Å²) >= 11 is 0. The van der Waals surface area contributed by atoms with E-state index in [0.29, 0.717) is 11.8 Å². The lowest BCUT2D eigenvalue weighted by atomic mass is 9.86. The van der Waals surface area contributed by atoms with Crippen molar-refractivity contribution in [2.45, 2.75) is 84.4 Å². The van der Waals surface area contributed by atoms with E-state index in [0.717, 1.165) is 71.5 Å². The van der Waals surface area contributed by atoms with Gasteiger partial charge in [-0.3, -0.25) is 0 Å². The molecule has 0 aromatic carbocycles. The molecule has 4 heteroatoms. The van der Waals surface area contributed by atoms with Crippen LogP contribution in [0.1, 0.15) is 72.1 Å². The van der Waals surface area contributed by atoms with Crippen molar-refractivity contribution in [2.24, 2.45) is 22.7 Å². The van der Waals surface area contributed by atoms with E-state index in [4.69, 9.17) is 9.73 Å². The number of nitrogens with zero attached hydrogens (tertiary/aromatic N) is 2. The van der Waals surface area contributed by atoms with Crippen LogP contribution >= 0.6 is 0 Å². The van der Waals surface area contributed by atoms with Crippen LogP contribution in [-0.4, -0.2) is 36.3 Å². The Morgan fingerprint density at radius 3 is 2.56 bits per heavy atom. The first kappa shape index (κ1) is 29.0. The maximum absolute atomic E-state index is 14.8. The van der Waals surface area contributed by atoms with Crippen molar-refractivity contribution in [2.75, 3.05) is 7.11 Å². The average molecular weight is 530 g/mol. The molecule has 2 saturated carbocycles. The van der Waals surface area contributed by atoms with Crippen LogP contribution in [0.25, 0.3) is 0 Å². The van der Waals surface area contributed by atoms with Crippen molar-refractivity contribution in [3.8, 4) is 0 Å². The summed E-state index contributed by atoms with van der Waals surface area (Å²) in [5, 5.41) is 0. The predicted molar refractivity (Wildman–Crippen MR) is 163 cm³/mol. The third-order valence-corrected chi connectivity index (χ3v) is 8.79. The maximum Gasteiger partial charge on any atom is 0.187 e. The number of fused-ring (bicyclic) bond motifs is 1. The number of methoxy groups -OCH3 is 1. The van der Waals surface area contributed by atoms with Crippen molar-refractivity contribution >= 4 is 12.4 Å². The number of allylic oxidation sites excluding steroid dienone is 13. The van der Waals surface area contributed by atoms with Gasteiger partial charge in [-0.1, -0.05) is 63.8 Å². The van der Waals surface area contributed by atoms with Crippen LogP contribution < -0.4 is 0 Å². The molecule has 2 fully saturated rings. The van der Waals surface area contributed by atoms with Gasteiger partial charge in [-0.2, -0.15) is 0 Å². The van der Waals surface area contributed by atoms with Gasteiger partial charge in [0, 0.05) is 43.2 Å². The summed E-state index contributed by atoms with van der Waals surface area (Å²) in [7, 11) is 1.69. The molecule has 0 heterocycles. The topological polar surface area (TPSA) is 24.6 Å². The number of ether oxygens (including phenoxy) is 1. The van der Waals surface area contributed by atoms with Gasteiger partial charge in [0.25, 0.3) is 0 Å². The fourth-order valence-electron chi connectivity index (χ4n) is 6.16. The molecule has 0 radical (unpaired) electrons. The van der Waals surface area contributed by atoms with E-state index in [1.807, 2.05) is 18.2 Å². The van der Waals surface area contributed by atoms with E-state index < -0.39 is 6.17 Å². The van der Waals surface area contributed by atoms with Gasteiger partial charge in [-0.25, -0.2) is 14.0 Å². The van der Waals surface area contributed by atoms with Crippen LogP contribution in [0, 0.1) is 17.8 Å². The Labute approximate surface area is 235 Å². The lowest BCUT2D eigenvalue weighted by molar-refractivity contribution is -0.515. The van der Waals surface area contributed by atoms with Gasteiger partial charge >= 0.3 is 0 Å². The molecule has 0 aromatic rings. The molecule has 0 amide bonds. The molecule has 4 atom stereocenters. The maximum atomic E-state index is 14.8. The molecule has 0 saturated heterocycles. The number of aliphatic imine (C=N–C) groups is 1. The quantitative estimate of drug-likeness (QED) is 0.149. The van der Waals surface area contributed by atoms with Crippen LogP contribution in [0.15, 0.2) is 100 Å². The van der Waals surface area contributed by atoms with E-state index in [1.54, 1.807) is 7.11 Å². The third-order valence-electron chi connectivity index (χ3n) is 8.79. The first-order chi connectivity index (χ1) is 18.8. The SMILES string of the molecule is C=CC1=CC2C(F)C2C(C2=CC(=C(C)[N+](=C)C3CCCCC3)C(=NC(=C)C(CC)CC=CCC)C(OC)=C2)=C1. The minimum atomic E-state index is -0.856. The number of hydrogen-bond acceptors (Lipinski definition) is 2. The fourth-order valence-corrected chi connectivity index (χ4v) is 6.16. The number of halogens is 1. The Bertz CT molecular complexity index is 1210. The van der Waals surface area contributed by atoms with E-state index in [2.05, 4.69) is 69.5 Å². The molecule has 4 unspecified atom stereocenters. The minimum absolute atomic E-state index is 0.0743. The fraction of sp³-hybridized carbons (Fsp3) is 0.486. The second-order valence-electron chi connectivity index (χ2n) is 11.3. The van der Waals surface area contributed by atoms with Gasteiger partial charge in [0.1, 0.15) is 24.4 Å². The molecule has 4 aliphatic rings. The van der Waals surface area contributed by atoms with Crippen molar-refractivity contribution in [1.82, 2.24) is 0 Å². The molecular formula is C35H46FN2O+. The highest BCUT2D eigenvalue weighted by atomic mass is 19.1. The molecule has 39 heavy (non-hydrogen) atoms. The van der Waals surface area contributed by atoms with Gasteiger partial charge < -0.3 is 4.74 Å². The molecule has 3 nitrogen and oxygen atoms in total. The largest absolute Gasteiger partial charge is 0.494 e. The smallest absolute Gasteiger partial charge is 0.187 e. The highest BCUT2D eigenvalue weighted by Gasteiger charge is 2.54. The van der Waals surface area contributed by atoms with Crippen LogP contribution in [0.5, 0.6) is 0 Å². The Hall–Kier alpha value is -3.01. The van der Waals surface area contributed by atoms with Crippen LogP contribution in [0.3, 0.4) is 0 Å². The summed E-state index contributed by atoms with van der Waals surface area (Å²) in [5.41, 5.74) is 6.63. The Morgan fingerprint density at radius 2 is 1.92 bits per heavy atom. The zero-order valence-corrected chi connectivity index (χ0v) is 24.4. The standard InChI is InChI=1S/C35H46FN2O/c1-8-11-13-16-26(10-3)23(4)37-35-29(24(5)38(6)28-17-14-12-15-18-28)21-27(22-32(35)39-7)30-19-25(9-2)20-31-33(30)34(31)36/h9,11,13,19-22,26,28,31,33-34H,2,4,6,8,10,12,14-18H2,1,3,5,7H3/q+1. The number of rotatable bonds is 11. The van der Waals surface area contributed by atoms with Crippen LogP contribution in [0.2, 0.25) is 0 Å². The Morgan fingerprint density at radius 1 is 1.18 bits per heavy atom. The van der Waals surface area contributed by atoms with E-state index in [-0.39, 0.29) is 17.8 Å². The average Bonchev–Trinajstić information content (AvgIpc) is 3.63. The van der Waals surface area contributed by atoms with Gasteiger partial charge in [0.15, 0.2) is 11.7 Å². The summed E-state index contributed by atoms with van der Waals surface area (Å²) in [6.07, 6.45) is 22.6. The third kappa shape index (κ3) is 6.26. The zero-order valence-electron chi connectivity index (χ0n) is 24.4. The summed E-state index contributed by atoms with van der Waals surface area (Å²) in [6, 6.07) is 0.402. The number of hydrogen-bond donors (Lipinski definition) is 0. The highest BCUT2D eigenvalue weighted by Crippen LogP contribution is 2.54. The molecule has 0 spiro atoms. The second kappa shape index (κ2) is 12.9. The summed E-state index contributed by atoms with van der Waals surface area (Å²) in [5.74, 6) is 0.741. The molecule has 0 N–H and O–H groups in total. The van der Waals surface area contributed by atoms with Crippen molar-refractivity contribution < 1.29 is 13.7 Å². The normalized spacial score (nSPS) is 28.1. The lowest BCUT2D eigenvalue weighted by Crippen LogP contribution is -2.28. The molecule has 0 bridgehead atoms. The Balaban J connectivity index is 1.80. The molecular weight excluding hydrogens is 483 g/mol. The van der Waals surface area contributed by atoms with Crippen molar-refractivity contribution in [3.63, 3.8) is 0 Å². The summed E-state index contributed by atoms with van der Waals surface area (Å²) in [4.78, 5) is 5.14. The lowest BCUT2D eigenvalue weighted by Gasteiger charge is -2.24. The van der Waals surface area contributed by atoms with E-state index in [1.165, 1.54) is 19.3 Å². The van der Waals surface area contributed by atoms with Gasteiger partial charge in [-0.15, -0.1) is 0 Å². The molecule has 0 aliphatic heterocycles. The van der Waals surface area contributed by atoms with Crippen LogP contribution in [0.4, 0.5) is 4.39 Å². The second-order valence-corrected chi connectivity index (χ2v) is 11.3. The zero-order chi connectivity index (χ0) is 28.1.